The molecular weight excluding hydrogens is 821 g/mol. The first-order valence-corrected chi connectivity index (χ1v) is 21.7. The van der Waals surface area contributed by atoms with E-state index >= 15 is 0 Å². The molecule has 7 aromatic rings. The zero-order chi connectivity index (χ0) is 34.5. The van der Waals surface area contributed by atoms with Gasteiger partial charge in [-0.25, -0.2) is 0 Å². The third kappa shape index (κ3) is 8.94. The maximum absolute atomic E-state index is 4.69. The molecule has 0 aliphatic rings. The van der Waals surface area contributed by atoms with Gasteiger partial charge in [0.05, 0.1) is 8.07 Å². The summed E-state index contributed by atoms with van der Waals surface area (Å²) in [7, 11) is -1.34. The van der Waals surface area contributed by atoms with Gasteiger partial charge < -0.3 is 9.97 Å². The Balaban J connectivity index is 0.000000204. The van der Waals surface area contributed by atoms with Crippen LogP contribution in [-0.4, -0.2) is 18.0 Å². The Hall–Kier alpha value is -3.73. The van der Waals surface area contributed by atoms with E-state index < -0.39 is 8.07 Å². The van der Waals surface area contributed by atoms with Gasteiger partial charge in [-0.15, -0.1) is 59.7 Å². The summed E-state index contributed by atoms with van der Waals surface area (Å²) < 4.78 is 2.57. The van der Waals surface area contributed by atoms with E-state index in [2.05, 4.69) is 154 Å². The van der Waals surface area contributed by atoms with Crippen molar-refractivity contribution >= 4 is 44.8 Å². The Bertz CT molecular complexity index is 2170. The second-order valence-corrected chi connectivity index (χ2v) is 20.9. The van der Waals surface area contributed by atoms with Crippen molar-refractivity contribution in [1.82, 2.24) is 9.97 Å². The molecule has 3 heterocycles. The fraction of sp³-hybridized carbons (Fsp3) is 0.244. The van der Waals surface area contributed by atoms with Crippen LogP contribution in [0.5, 0.6) is 0 Å². The first kappa shape index (κ1) is 37.5. The van der Waals surface area contributed by atoms with Crippen LogP contribution < -0.4 is 5.19 Å². The summed E-state index contributed by atoms with van der Waals surface area (Å²) in [4.78, 5) is 9.36. The van der Waals surface area contributed by atoms with Gasteiger partial charge in [-0.2, -0.15) is 11.3 Å². The first-order chi connectivity index (χ1) is 23.6. The quantitative estimate of drug-likeness (QED) is 0.112. The molecule has 0 N–H and O–H groups in total. The summed E-state index contributed by atoms with van der Waals surface area (Å²) in [5, 5.41) is 4.08. The van der Waals surface area contributed by atoms with Gasteiger partial charge in [-0.1, -0.05) is 118 Å². The second kappa shape index (κ2) is 16.5. The molecule has 0 aliphatic carbocycles. The number of rotatable bonds is 8. The number of aromatic nitrogens is 2. The molecule has 0 bridgehead atoms. The van der Waals surface area contributed by atoms with Crippen LogP contribution in [-0.2, 0) is 32.9 Å². The van der Waals surface area contributed by atoms with Gasteiger partial charge in [0.2, 0.25) is 0 Å². The van der Waals surface area contributed by atoms with E-state index in [1.807, 2.05) is 41.8 Å². The molecule has 2 nitrogen and oxygen atoms in total. The minimum Gasteiger partial charge on any atom is -0.305 e. The van der Waals surface area contributed by atoms with Crippen molar-refractivity contribution in [1.29, 1.82) is 0 Å². The number of pyridine rings is 2. The van der Waals surface area contributed by atoms with Crippen molar-refractivity contribution in [3.63, 3.8) is 0 Å². The standard InChI is InChI=1S/C27H22NS.C18H24NSi.Ir/c1-18(2)15-19-13-14-28-25(16-19)24-10-6-9-23-22-12-11-21(17-26(22)29-27(23)24)20-7-4-3-5-8-20;1-14(2)11-16-12-17(15-9-7-6-8-10-15)19-13-18(16)20(3,4)5;/h3-9,11-14,16-18H,15H2,1-2H3;6-9,12-14H,11H2,1-5H3;/q2*-1;. The Morgan fingerprint density at radius 2 is 1.44 bits per heavy atom. The fourth-order valence-electron chi connectivity index (χ4n) is 6.43. The summed E-state index contributed by atoms with van der Waals surface area (Å²) in [5.41, 5.74) is 9.57. The van der Waals surface area contributed by atoms with E-state index in [1.165, 1.54) is 47.6 Å². The third-order valence-corrected chi connectivity index (χ3v) is 11.9. The fourth-order valence-corrected chi connectivity index (χ4v) is 9.27. The molecule has 0 saturated heterocycles. The summed E-state index contributed by atoms with van der Waals surface area (Å²) in [6, 6.07) is 43.0. The number of hydrogen-bond donors (Lipinski definition) is 0. The van der Waals surface area contributed by atoms with Gasteiger partial charge in [0.15, 0.2) is 0 Å². The first-order valence-electron chi connectivity index (χ1n) is 17.4. The molecule has 50 heavy (non-hydrogen) atoms. The molecule has 4 aromatic carbocycles. The van der Waals surface area contributed by atoms with E-state index in [-0.39, 0.29) is 20.1 Å². The van der Waals surface area contributed by atoms with Crippen LogP contribution in [0.2, 0.25) is 19.6 Å². The van der Waals surface area contributed by atoms with Crippen LogP contribution in [0.15, 0.2) is 116 Å². The van der Waals surface area contributed by atoms with Gasteiger partial charge in [-0.05, 0) is 74.6 Å². The predicted octanol–water partition coefficient (Wildman–Crippen LogP) is 12.1. The molecule has 0 aliphatic heterocycles. The minimum absolute atomic E-state index is 0. The minimum atomic E-state index is -1.34. The van der Waals surface area contributed by atoms with Crippen LogP contribution in [0.1, 0.15) is 38.8 Å². The smallest absolute Gasteiger partial charge is 0.0798 e. The van der Waals surface area contributed by atoms with Gasteiger partial charge in [-0.3, -0.25) is 0 Å². The average molecular weight is 867 g/mol. The molecular formula is C45H46IrN2SSi-2. The van der Waals surface area contributed by atoms with E-state index in [0.717, 1.165) is 35.4 Å². The van der Waals surface area contributed by atoms with Crippen molar-refractivity contribution < 1.29 is 20.1 Å². The van der Waals surface area contributed by atoms with Crippen LogP contribution >= 0.6 is 11.3 Å². The van der Waals surface area contributed by atoms with E-state index in [0.29, 0.717) is 11.8 Å². The normalized spacial score (nSPS) is 11.5. The maximum atomic E-state index is 4.69. The van der Waals surface area contributed by atoms with E-state index in [1.54, 1.807) is 0 Å². The summed E-state index contributed by atoms with van der Waals surface area (Å²) in [6.45, 7) is 16.2. The number of fused-ring (bicyclic) bond motifs is 3. The maximum Gasteiger partial charge on any atom is 0.0798 e. The molecule has 0 saturated carbocycles. The molecule has 3 aromatic heterocycles. The third-order valence-electron chi connectivity index (χ3n) is 8.68. The molecule has 5 heteroatoms. The van der Waals surface area contributed by atoms with Crippen LogP contribution in [0, 0.1) is 24.0 Å². The van der Waals surface area contributed by atoms with Crippen LogP contribution in [0.25, 0.3) is 53.8 Å². The second-order valence-electron chi connectivity index (χ2n) is 14.8. The van der Waals surface area contributed by atoms with Gasteiger partial charge in [0, 0.05) is 37.2 Å². The SMILES string of the molecule is CC(C)Cc1cc(-c2[c-]cccc2)ncc1[Si](C)(C)C.CC(C)Cc1ccnc(-c2[c-]ccc3c2sc2cc(-c4ccccc4)ccc23)c1.[Ir]. The molecule has 1 radical (unpaired) electrons. The molecule has 0 fully saturated rings. The van der Waals surface area contributed by atoms with Crippen molar-refractivity contribution in [3.05, 3.63) is 139 Å². The Labute approximate surface area is 317 Å². The Kier molecular flexibility index (Phi) is 12.4. The summed E-state index contributed by atoms with van der Waals surface area (Å²) in [6.07, 6.45) is 6.24. The van der Waals surface area contributed by atoms with E-state index in [9.17, 15) is 0 Å². The van der Waals surface area contributed by atoms with Crippen LogP contribution in [0.3, 0.4) is 0 Å². The number of benzene rings is 4. The molecule has 0 unspecified atom stereocenters. The molecule has 257 valence electrons. The zero-order valence-corrected chi connectivity index (χ0v) is 34.4. The van der Waals surface area contributed by atoms with Crippen LogP contribution in [0.4, 0.5) is 0 Å². The number of thiophene rings is 1. The zero-order valence-electron chi connectivity index (χ0n) is 30.2. The summed E-state index contributed by atoms with van der Waals surface area (Å²) >= 11 is 1.84. The van der Waals surface area contributed by atoms with E-state index in [4.69, 9.17) is 0 Å². The van der Waals surface area contributed by atoms with Gasteiger partial charge in [0.25, 0.3) is 0 Å². The topological polar surface area (TPSA) is 25.8 Å². The largest absolute Gasteiger partial charge is 0.305 e. The van der Waals surface area contributed by atoms with Crippen molar-refractivity contribution in [3.8, 4) is 33.6 Å². The molecule has 0 spiro atoms. The van der Waals surface area contributed by atoms with Gasteiger partial charge in [0.1, 0.15) is 0 Å². The number of hydrogen-bond acceptors (Lipinski definition) is 3. The van der Waals surface area contributed by atoms with Crippen molar-refractivity contribution in [2.75, 3.05) is 0 Å². The number of nitrogens with zero attached hydrogens (tertiary/aromatic N) is 2. The average Bonchev–Trinajstić information content (AvgIpc) is 3.47. The van der Waals surface area contributed by atoms with Crippen molar-refractivity contribution in [2.24, 2.45) is 11.8 Å². The summed E-state index contributed by atoms with van der Waals surface area (Å²) in [5.74, 6) is 1.30. The molecule has 0 amide bonds. The monoisotopic (exact) mass is 867 g/mol. The van der Waals surface area contributed by atoms with Crippen molar-refractivity contribution in [2.45, 2.75) is 60.2 Å². The molecule has 0 atom stereocenters. The molecule has 7 rings (SSSR count). The Morgan fingerprint density at radius 3 is 2.14 bits per heavy atom. The Morgan fingerprint density at radius 1 is 0.680 bits per heavy atom. The predicted molar refractivity (Wildman–Crippen MR) is 215 cm³/mol. The van der Waals surface area contributed by atoms with Gasteiger partial charge >= 0.3 is 0 Å².